The molecule has 3 aromatic carbocycles. The summed E-state index contributed by atoms with van der Waals surface area (Å²) in [6.07, 6.45) is 0.864. The van der Waals surface area contributed by atoms with Crippen molar-refractivity contribution in [3.63, 3.8) is 0 Å². The SMILES string of the molecule is Cc1ccccc1N[C@@H]1C[C@H](C)N(C(=O)c2ccccc2)c2c(C)cccc21. The van der Waals surface area contributed by atoms with Crippen LogP contribution in [0.25, 0.3) is 0 Å². The third kappa shape index (κ3) is 3.29. The van der Waals surface area contributed by atoms with Crippen molar-refractivity contribution in [3.05, 3.63) is 95.1 Å². The van der Waals surface area contributed by atoms with E-state index in [9.17, 15) is 4.79 Å². The predicted octanol–water partition coefficient (Wildman–Crippen LogP) is 5.90. The Labute approximate surface area is 167 Å². The van der Waals surface area contributed by atoms with Crippen LogP contribution in [0.15, 0.2) is 72.8 Å². The molecule has 0 aliphatic carbocycles. The van der Waals surface area contributed by atoms with E-state index in [1.54, 1.807) is 0 Å². The molecule has 0 aromatic heterocycles. The number of nitrogens with zero attached hydrogens (tertiary/aromatic N) is 1. The van der Waals surface area contributed by atoms with E-state index < -0.39 is 0 Å². The van der Waals surface area contributed by atoms with E-state index in [0.717, 1.165) is 28.9 Å². The number of benzene rings is 3. The zero-order chi connectivity index (χ0) is 19.7. The Kier molecular flexibility index (Phi) is 4.91. The predicted molar refractivity (Wildman–Crippen MR) is 116 cm³/mol. The Hall–Kier alpha value is -3.07. The van der Waals surface area contributed by atoms with E-state index in [-0.39, 0.29) is 18.0 Å². The maximum Gasteiger partial charge on any atom is 0.258 e. The molecule has 1 N–H and O–H groups in total. The van der Waals surface area contributed by atoms with E-state index in [1.807, 2.05) is 35.2 Å². The van der Waals surface area contributed by atoms with Gasteiger partial charge in [0.2, 0.25) is 0 Å². The number of amides is 1. The Bertz CT molecular complexity index is 996. The van der Waals surface area contributed by atoms with E-state index in [2.05, 4.69) is 68.6 Å². The van der Waals surface area contributed by atoms with Crippen molar-refractivity contribution >= 4 is 17.3 Å². The molecule has 142 valence electrons. The van der Waals surface area contributed by atoms with Gasteiger partial charge in [0.15, 0.2) is 0 Å². The zero-order valence-corrected chi connectivity index (χ0v) is 16.6. The lowest BCUT2D eigenvalue weighted by Crippen LogP contribution is -2.44. The van der Waals surface area contributed by atoms with E-state index in [0.29, 0.717) is 0 Å². The number of anilines is 2. The van der Waals surface area contributed by atoms with Crippen molar-refractivity contribution < 1.29 is 4.79 Å². The van der Waals surface area contributed by atoms with Crippen LogP contribution in [0, 0.1) is 13.8 Å². The lowest BCUT2D eigenvalue weighted by atomic mass is 9.88. The molecule has 3 aromatic rings. The summed E-state index contributed by atoms with van der Waals surface area (Å²) in [5.74, 6) is 0.0676. The largest absolute Gasteiger partial charge is 0.378 e. The van der Waals surface area contributed by atoms with Crippen molar-refractivity contribution in [2.45, 2.75) is 39.3 Å². The van der Waals surface area contributed by atoms with Crippen LogP contribution in [0.4, 0.5) is 11.4 Å². The normalized spacial score (nSPS) is 18.5. The van der Waals surface area contributed by atoms with Gasteiger partial charge in [0, 0.05) is 17.3 Å². The number of carbonyl (C=O) groups excluding carboxylic acids is 1. The lowest BCUT2D eigenvalue weighted by molar-refractivity contribution is 0.0974. The molecule has 0 saturated carbocycles. The van der Waals surface area contributed by atoms with Gasteiger partial charge in [-0.3, -0.25) is 4.79 Å². The summed E-state index contributed by atoms with van der Waals surface area (Å²) in [5.41, 5.74) is 6.47. The van der Waals surface area contributed by atoms with Crippen molar-refractivity contribution in [1.82, 2.24) is 0 Å². The number of rotatable bonds is 3. The first-order chi connectivity index (χ1) is 13.6. The highest BCUT2D eigenvalue weighted by Crippen LogP contribution is 2.41. The summed E-state index contributed by atoms with van der Waals surface area (Å²) in [6.45, 7) is 6.35. The highest BCUT2D eigenvalue weighted by molar-refractivity contribution is 6.07. The fraction of sp³-hybridized carbons (Fsp3) is 0.240. The van der Waals surface area contributed by atoms with Crippen LogP contribution in [-0.4, -0.2) is 11.9 Å². The molecular formula is C25H26N2O. The van der Waals surface area contributed by atoms with Gasteiger partial charge in [-0.05, 0) is 62.1 Å². The van der Waals surface area contributed by atoms with Gasteiger partial charge in [0.25, 0.3) is 5.91 Å². The van der Waals surface area contributed by atoms with Crippen molar-refractivity contribution in [2.24, 2.45) is 0 Å². The van der Waals surface area contributed by atoms with Crippen LogP contribution in [-0.2, 0) is 0 Å². The first-order valence-corrected chi connectivity index (χ1v) is 9.86. The van der Waals surface area contributed by atoms with Gasteiger partial charge in [-0.25, -0.2) is 0 Å². The molecule has 0 fully saturated rings. The Balaban J connectivity index is 1.75. The summed E-state index contributed by atoms with van der Waals surface area (Å²) in [4.78, 5) is 15.3. The topological polar surface area (TPSA) is 32.3 Å². The van der Waals surface area contributed by atoms with Gasteiger partial charge in [0.05, 0.1) is 11.7 Å². The summed E-state index contributed by atoms with van der Waals surface area (Å²) < 4.78 is 0. The minimum absolute atomic E-state index is 0.0676. The van der Waals surface area contributed by atoms with Crippen LogP contribution in [0.3, 0.4) is 0 Å². The minimum atomic E-state index is 0.0676. The Morgan fingerprint density at radius 1 is 0.893 bits per heavy atom. The number of aryl methyl sites for hydroxylation is 2. The third-order valence-corrected chi connectivity index (χ3v) is 5.62. The average Bonchev–Trinajstić information content (AvgIpc) is 2.71. The van der Waals surface area contributed by atoms with Gasteiger partial charge < -0.3 is 10.2 Å². The van der Waals surface area contributed by atoms with Gasteiger partial charge >= 0.3 is 0 Å². The molecule has 0 radical (unpaired) electrons. The summed E-state index contributed by atoms with van der Waals surface area (Å²) >= 11 is 0. The van der Waals surface area contributed by atoms with E-state index in [1.165, 1.54) is 11.1 Å². The number of nitrogens with one attached hydrogen (secondary N) is 1. The monoisotopic (exact) mass is 370 g/mol. The highest BCUT2D eigenvalue weighted by Gasteiger charge is 2.35. The lowest BCUT2D eigenvalue weighted by Gasteiger charge is -2.41. The molecule has 28 heavy (non-hydrogen) atoms. The molecule has 1 aliphatic rings. The number of fused-ring (bicyclic) bond motifs is 1. The van der Waals surface area contributed by atoms with Crippen LogP contribution < -0.4 is 10.2 Å². The first-order valence-electron chi connectivity index (χ1n) is 9.86. The first kappa shape index (κ1) is 18.3. The Morgan fingerprint density at radius 3 is 2.32 bits per heavy atom. The number of hydrogen-bond donors (Lipinski definition) is 1. The quantitative estimate of drug-likeness (QED) is 0.623. The van der Waals surface area contributed by atoms with Crippen LogP contribution >= 0.6 is 0 Å². The maximum absolute atomic E-state index is 13.3. The molecule has 4 rings (SSSR count). The van der Waals surface area contributed by atoms with Crippen LogP contribution in [0.1, 0.15) is 46.4 Å². The zero-order valence-electron chi connectivity index (χ0n) is 16.6. The summed E-state index contributed by atoms with van der Waals surface area (Å²) in [5, 5.41) is 3.72. The molecule has 0 spiro atoms. The molecule has 3 heteroatoms. The van der Waals surface area contributed by atoms with Gasteiger partial charge in [-0.1, -0.05) is 54.6 Å². The van der Waals surface area contributed by atoms with E-state index >= 15 is 0 Å². The summed E-state index contributed by atoms with van der Waals surface area (Å²) in [7, 11) is 0. The second kappa shape index (κ2) is 7.51. The minimum Gasteiger partial charge on any atom is -0.378 e. The molecule has 3 nitrogen and oxygen atoms in total. The fourth-order valence-corrected chi connectivity index (χ4v) is 4.17. The fourth-order valence-electron chi connectivity index (χ4n) is 4.17. The van der Waals surface area contributed by atoms with E-state index in [4.69, 9.17) is 0 Å². The highest BCUT2D eigenvalue weighted by atomic mass is 16.2. The molecule has 1 heterocycles. The second-order valence-electron chi connectivity index (χ2n) is 7.65. The van der Waals surface area contributed by atoms with Crippen LogP contribution in [0.2, 0.25) is 0 Å². The number of carbonyl (C=O) groups is 1. The molecule has 1 aliphatic heterocycles. The smallest absolute Gasteiger partial charge is 0.258 e. The standard InChI is InChI=1S/C25H26N2O/c1-17-10-7-8-15-22(17)26-23-16-19(3)27(24-18(2)11-9-14-21(23)24)25(28)20-12-5-4-6-13-20/h4-15,19,23,26H,16H2,1-3H3/t19-,23+/m0/s1. The molecular weight excluding hydrogens is 344 g/mol. The van der Waals surface area contributed by atoms with Crippen LogP contribution in [0.5, 0.6) is 0 Å². The summed E-state index contributed by atoms with van der Waals surface area (Å²) in [6, 6.07) is 24.5. The number of hydrogen-bond acceptors (Lipinski definition) is 2. The number of para-hydroxylation sites is 2. The molecule has 0 saturated heterocycles. The van der Waals surface area contributed by atoms with Crippen molar-refractivity contribution in [1.29, 1.82) is 0 Å². The van der Waals surface area contributed by atoms with Gasteiger partial charge in [-0.2, -0.15) is 0 Å². The van der Waals surface area contributed by atoms with Gasteiger partial charge in [-0.15, -0.1) is 0 Å². The molecule has 2 atom stereocenters. The average molecular weight is 370 g/mol. The third-order valence-electron chi connectivity index (χ3n) is 5.62. The second-order valence-corrected chi connectivity index (χ2v) is 7.65. The van der Waals surface area contributed by atoms with Crippen molar-refractivity contribution in [3.8, 4) is 0 Å². The van der Waals surface area contributed by atoms with Gasteiger partial charge in [0.1, 0.15) is 0 Å². The molecule has 0 unspecified atom stereocenters. The molecule has 0 bridgehead atoms. The molecule has 1 amide bonds. The maximum atomic E-state index is 13.3. The van der Waals surface area contributed by atoms with Crippen molar-refractivity contribution in [2.75, 3.05) is 10.2 Å². The Morgan fingerprint density at radius 2 is 1.57 bits per heavy atom.